The third-order valence-electron chi connectivity index (χ3n) is 2.70. The molecule has 1 aromatic heterocycles. The van der Waals surface area contributed by atoms with Gasteiger partial charge < -0.3 is 0 Å². The normalized spacial score (nSPS) is 26.1. The van der Waals surface area contributed by atoms with E-state index in [1.54, 1.807) is 11.8 Å². The smallest absolute Gasteiger partial charge is 0.208 e. The minimum absolute atomic E-state index is 0.169. The van der Waals surface area contributed by atoms with E-state index >= 15 is 0 Å². The second-order valence-corrected chi connectivity index (χ2v) is 5.09. The zero-order valence-corrected chi connectivity index (χ0v) is 9.55. The van der Waals surface area contributed by atoms with E-state index in [-0.39, 0.29) is 5.92 Å². The number of hydrogen-bond donors (Lipinski definition) is 1. The van der Waals surface area contributed by atoms with E-state index in [0.29, 0.717) is 5.25 Å². The second-order valence-electron chi connectivity index (χ2n) is 3.88. The Morgan fingerprint density at radius 2 is 2.27 bits per heavy atom. The lowest BCUT2D eigenvalue weighted by Crippen LogP contribution is -2.20. The van der Waals surface area contributed by atoms with E-state index < -0.39 is 0 Å². The molecule has 1 aliphatic rings. The van der Waals surface area contributed by atoms with E-state index in [9.17, 15) is 0 Å². The number of hydrogen-bond acceptors (Lipinski definition) is 4. The Hall–Kier alpha value is -1.02. The summed E-state index contributed by atoms with van der Waals surface area (Å²) in [6.45, 7) is 1.89. The molecule has 2 atom stereocenters. The summed E-state index contributed by atoms with van der Waals surface area (Å²) in [7, 11) is 0. The second kappa shape index (κ2) is 4.67. The summed E-state index contributed by atoms with van der Waals surface area (Å²) in [5, 5.41) is 17.1. The average Bonchev–Trinajstić information content (AvgIpc) is 2.65. The lowest BCUT2D eigenvalue weighted by atomic mass is 9.90. The van der Waals surface area contributed by atoms with Gasteiger partial charge in [0.1, 0.15) is 5.82 Å². The third-order valence-corrected chi connectivity index (χ3v) is 3.96. The molecule has 1 heterocycles. The maximum Gasteiger partial charge on any atom is 0.208 e. The van der Waals surface area contributed by atoms with Crippen molar-refractivity contribution in [2.45, 2.75) is 43.0 Å². The van der Waals surface area contributed by atoms with Crippen molar-refractivity contribution >= 4 is 11.8 Å². The zero-order chi connectivity index (χ0) is 10.7. The fourth-order valence-corrected chi connectivity index (χ4v) is 3.10. The van der Waals surface area contributed by atoms with Crippen LogP contribution in [-0.4, -0.2) is 20.4 Å². The number of aryl methyl sites for hydroxylation is 1. The zero-order valence-electron chi connectivity index (χ0n) is 8.73. The summed E-state index contributed by atoms with van der Waals surface area (Å²) < 4.78 is 0. The highest BCUT2D eigenvalue weighted by atomic mass is 32.2. The van der Waals surface area contributed by atoms with E-state index in [1.165, 1.54) is 12.8 Å². The van der Waals surface area contributed by atoms with E-state index in [4.69, 9.17) is 5.26 Å². The molecule has 0 spiro atoms. The van der Waals surface area contributed by atoms with Crippen molar-refractivity contribution in [2.75, 3.05) is 0 Å². The first-order valence-corrected chi connectivity index (χ1v) is 6.13. The molecule has 0 aromatic carbocycles. The van der Waals surface area contributed by atoms with Gasteiger partial charge in [-0.05, 0) is 19.8 Å². The molecule has 1 aromatic rings. The maximum atomic E-state index is 9.03. The van der Waals surface area contributed by atoms with Crippen LogP contribution in [0.4, 0.5) is 0 Å². The predicted molar refractivity (Wildman–Crippen MR) is 58.3 cm³/mol. The number of H-pyrrole nitrogens is 1. The summed E-state index contributed by atoms with van der Waals surface area (Å²) in [6.07, 6.45) is 4.54. The molecule has 5 heteroatoms. The van der Waals surface area contributed by atoms with Gasteiger partial charge in [-0.1, -0.05) is 24.6 Å². The van der Waals surface area contributed by atoms with Gasteiger partial charge in [0.05, 0.1) is 12.0 Å². The first-order chi connectivity index (χ1) is 7.29. The molecule has 4 nitrogen and oxygen atoms in total. The van der Waals surface area contributed by atoms with Crippen LogP contribution in [0.15, 0.2) is 5.16 Å². The van der Waals surface area contributed by atoms with Crippen LogP contribution in [0.5, 0.6) is 0 Å². The first-order valence-electron chi connectivity index (χ1n) is 5.25. The van der Waals surface area contributed by atoms with Gasteiger partial charge in [-0.2, -0.15) is 5.26 Å². The molecule has 0 amide bonds. The number of nitrogens with zero attached hydrogens (tertiary/aromatic N) is 3. The standard InChI is InChI=1S/C10H14N4S/c1-7-12-10(14-13-7)15-9-5-3-2-4-8(9)6-11/h8-9H,2-5H2,1H3,(H,12,13,14). The van der Waals surface area contributed by atoms with E-state index in [2.05, 4.69) is 21.3 Å². The molecule has 2 unspecified atom stereocenters. The number of nitrogens with one attached hydrogen (secondary N) is 1. The topological polar surface area (TPSA) is 65.4 Å². The lowest BCUT2D eigenvalue weighted by Gasteiger charge is -2.24. The minimum Gasteiger partial charge on any atom is -0.262 e. The van der Waals surface area contributed by atoms with Crippen molar-refractivity contribution in [1.29, 1.82) is 5.26 Å². The molecular formula is C10H14N4S. The number of nitriles is 1. The highest BCUT2D eigenvalue weighted by molar-refractivity contribution is 7.99. The Kier molecular flexibility index (Phi) is 3.27. The highest BCUT2D eigenvalue weighted by Crippen LogP contribution is 2.35. The van der Waals surface area contributed by atoms with Crippen molar-refractivity contribution in [3.63, 3.8) is 0 Å². The number of thioether (sulfide) groups is 1. The van der Waals surface area contributed by atoms with Crippen LogP contribution < -0.4 is 0 Å². The number of rotatable bonds is 2. The fraction of sp³-hybridized carbons (Fsp3) is 0.700. The van der Waals surface area contributed by atoms with Crippen LogP contribution in [-0.2, 0) is 0 Å². The van der Waals surface area contributed by atoms with Gasteiger partial charge in [0.25, 0.3) is 0 Å². The highest BCUT2D eigenvalue weighted by Gasteiger charge is 2.26. The van der Waals surface area contributed by atoms with Gasteiger partial charge in [-0.15, -0.1) is 5.10 Å². The number of aromatic nitrogens is 3. The van der Waals surface area contributed by atoms with Crippen molar-refractivity contribution in [2.24, 2.45) is 5.92 Å². The Bertz CT molecular complexity index is 368. The quantitative estimate of drug-likeness (QED) is 0.833. The van der Waals surface area contributed by atoms with Crippen LogP contribution in [0.1, 0.15) is 31.5 Å². The molecule has 2 rings (SSSR count). The number of aromatic amines is 1. The third kappa shape index (κ3) is 2.51. The predicted octanol–water partition coefficient (Wildman–Crippen LogP) is 2.29. The van der Waals surface area contributed by atoms with Gasteiger partial charge in [0, 0.05) is 5.25 Å². The van der Waals surface area contributed by atoms with Gasteiger partial charge in [0.2, 0.25) is 5.16 Å². The summed E-state index contributed by atoms with van der Waals surface area (Å²) >= 11 is 1.64. The Balaban J connectivity index is 2.01. The summed E-state index contributed by atoms with van der Waals surface area (Å²) in [5.41, 5.74) is 0. The SMILES string of the molecule is Cc1nc(SC2CCCCC2C#N)n[nH]1. The molecule has 1 N–H and O–H groups in total. The summed E-state index contributed by atoms with van der Waals surface area (Å²) in [6, 6.07) is 2.39. The molecular weight excluding hydrogens is 208 g/mol. The van der Waals surface area contributed by atoms with Crippen molar-refractivity contribution in [3.05, 3.63) is 5.82 Å². The Morgan fingerprint density at radius 3 is 2.93 bits per heavy atom. The average molecular weight is 222 g/mol. The van der Waals surface area contributed by atoms with Crippen molar-refractivity contribution in [1.82, 2.24) is 15.2 Å². The fourth-order valence-electron chi connectivity index (χ4n) is 1.90. The first kappa shape index (κ1) is 10.5. The molecule has 15 heavy (non-hydrogen) atoms. The van der Waals surface area contributed by atoms with Crippen LogP contribution in [0, 0.1) is 24.2 Å². The monoisotopic (exact) mass is 222 g/mol. The molecule has 1 saturated carbocycles. The van der Waals surface area contributed by atoms with Gasteiger partial charge in [-0.25, -0.2) is 4.98 Å². The van der Waals surface area contributed by atoms with Gasteiger partial charge in [-0.3, -0.25) is 5.10 Å². The lowest BCUT2D eigenvalue weighted by molar-refractivity contribution is 0.439. The molecule has 0 bridgehead atoms. The van der Waals surface area contributed by atoms with Gasteiger partial charge >= 0.3 is 0 Å². The Morgan fingerprint density at radius 1 is 1.47 bits per heavy atom. The molecule has 0 radical (unpaired) electrons. The van der Waals surface area contributed by atoms with Crippen molar-refractivity contribution in [3.8, 4) is 6.07 Å². The molecule has 1 fully saturated rings. The van der Waals surface area contributed by atoms with E-state index in [0.717, 1.165) is 23.8 Å². The molecule has 0 aliphatic heterocycles. The summed E-state index contributed by atoms with van der Waals surface area (Å²) in [5.74, 6) is 1.00. The molecule has 1 aliphatic carbocycles. The maximum absolute atomic E-state index is 9.03. The molecule has 80 valence electrons. The van der Waals surface area contributed by atoms with Crippen molar-refractivity contribution < 1.29 is 0 Å². The van der Waals surface area contributed by atoms with E-state index in [1.807, 2.05) is 6.92 Å². The van der Waals surface area contributed by atoms with Gasteiger partial charge in [0.15, 0.2) is 0 Å². The van der Waals surface area contributed by atoms with Crippen LogP contribution in [0.3, 0.4) is 0 Å². The summed E-state index contributed by atoms with van der Waals surface area (Å²) in [4.78, 5) is 4.26. The van der Waals surface area contributed by atoms with Crippen LogP contribution in [0.2, 0.25) is 0 Å². The molecule has 0 saturated heterocycles. The minimum atomic E-state index is 0.169. The van der Waals surface area contributed by atoms with Crippen LogP contribution >= 0.6 is 11.8 Å². The largest absolute Gasteiger partial charge is 0.262 e. The Labute approximate surface area is 93.5 Å². The van der Waals surface area contributed by atoms with Crippen LogP contribution in [0.25, 0.3) is 0 Å².